The number of aromatic nitrogens is 2. The van der Waals surface area contributed by atoms with Gasteiger partial charge in [0, 0.05) is 18.7 Å². The van der Waals surface area contributed by atoms with Gasteiger partial charge in [0.1, 0.15) is 24.1 Å². The molecule has 17 heavy (non-hydrogen) atoms. The molecule has 0 amide bonds. The number of nitrogens with one attached hydrogen (secondary N) is 2. The maximum atomic E-state index is 12.1. The van der Waals surface area contributed by atoms with E-state index in [1.165, 1.54) is 6.33 Å². The Bertz CT molecular complexity index is 362. The molecule has 0 saturated carbocycles. The number of aliphatic hydroxyl groups excluding tert-OH is 1. The van der Waals surface area contributed by atoms with Gasteiger partial charge >= 0.3 is 0 Å². The van der Waals surface area contributed by atoms with Gasteiger partial charge in [-0.05, 0) is 13.8 Å². The Morgan fingerprint density at radius 2 is 1.88 bits per heavy atom. The minimum absolute atomic E-state index is 0.249. The number of aliphatic hydroxyl groups is 1. The first-order chi connectivity index (χ1) is 8.06. The van der Waals surface area contributed by atoms with Crippen molar-refractivity contribution in [3.8, 4) is 0 Å². The van der Waals surface area contributed by atoms with E-state index in [2.05, 4.69) is 20.6 Å². The summed E-state index contributed by atoms with van der Waals surface area (Å²) in [5, 5.41) is 14.7. The Balaban J connectivity index is 2.68. The topological polar surface area (TPSA) is 70.1 Å². The summed E-state index contributed by atoms with van der Waals surface area (Å²) < 4.78 is 24.2. The Morgan fingerprint density at radius 3 is 2.41 bits per heavy atom. The van der Waals surface area contributed by atoms with Crippen LogP contribution in [0.4, 0.5) is 20.4 Å². The molecule has 1 atom stereocenters. The lowest BCUT2D eigenvalue weighted by molar-refractivity contribution is 0.00380. The van der Waals surface area contributed by atoms with Crippen LogP contribution in [0, 0.1) is 6.92 Å². The second-order valence-corrected chi connectivity index (χ2v) is 3.51. The summed E-state index contributed by atoms with van der Waals surface area (Å²) in [4.78, 5) is 7.95. The molecule has 0 aliphatic carbocycles. The fourth-order valence-electron chi connectivity index (χ4n) is 1.26. The van der Waals surface area contributed by atoms with Gasteiger partial charge in [-0.15, -0.1) is 0 Å². The van der Waals surface area contributed by atoms with Crippen molar-refractivity contribution in [2.45, 2.75) is 26.4 Å². The quantitative estimate of drug-likeness (QED) is 0.705. The zero-order valence-electron chi connectivity index (χ0n) is 9.74. The smallest absolute Gasteiger partial charge is 0.265 e. The fourth-order valence-corrected chi connectivity index (χ4v) is 1.26. The van der Waals surface area contributed by atoms with Crippen molar-refractivity contribution in [1.29, 1.82) is 0 Å². The molecule has 0 aromatic carbocycles. The average molecular weight is 246 g/mol. The molecule has 1 aromatic rings. The third kappa shape index (κ3) is 3.77. The van der Waals surface area contributed by atoms with Gasteiger partial charge in [-0.1, -0.05) is 0 Å². The Morgan fingerprint density at radius 1 is 1.29 bits per heavy atom. The summed E-state index contributed by atoms with van der Waals surface area (Å²) in [6, 6.07) is 0. The molecule has 3 N–H and O–H groups in total. The van der Waals surface area contributed by atoms with Crippen LogP contribution in [0.25, 0.3) is 0 Å². The van der Waals surface area contributed by atoms with Crippen LogP contribution >= 0.6 is 0 Å². The molecule has 0 aliphatic heterocycles. The monoisotopic (exact) mass is 246 g/mol. The summed E-state index contributed by atoms with van der Waals surface area (Å²) in [5.74, 6) is 1.09. The van der Waals surface area contributed by atoms with Crippen LogP contribution in [0.15, 0.2) is 6.33 Å². The van der Waals surface area contributed by atoms with Gasteiger partial charge in [0.25, 0.3) is 6.43 Å². The van der Waals surface area contributed by atoms with E-state index in [4.69, 9.17) is 5.11 Å². The number of rotatable bonds is 6. The van der Waals surface area contributed by atoms with E-state index in [0.717, 1.165) is 5.56 Å². The highest BCUT2D eigenvalue weighted by atomic mass is 19.3. The lowest BCUT2D eigenvalue weighted by Crippen LogP contribution is -2.27. The highest BCUT2D eigenvalue weighted by Crippen LogP contribution is 2.18. The first kappa shape index (κ1) is 13.6. The molecule has 1 aromatic heterocycles. The van der Waals surface area contributed by atoms with Crippen LogP contribution in [0.2, 0.25) is 0 Å². The number of nitrogens with zero attached hydrogens (tertiary/aromatic N) is 2. The van der Waals surface area contributed by atoms with E-state index in [1.54, 1.807) is 6.92 Å². The maximum absolute atomic E-state index is 12.1. The average Bonchev–Trinajstić information content (AvgIpc) is 2.30. The highest BCUT2D eigenvalue weighted by Gasteiger charge is 2.17. The Kier molecular flexibility index (Phi) is 5.02. The molecule has 1 rings (SSSR count). The fraction of sp³-hybridized carbons (Fsp3) is 0.600. The van der Waals surface area contributed by atoms with Crippen molar-refractivity contribution in [3.63, 3.8) is 0 Å². The molecule has 0 spiro atoms. The van der Waals surface area contributed by atoms with Crippen molar-refractivity contribution in [3.05, 3.63) is 11.9 Å². The number of halogens is 2. The predicted molar refractivity (Wildman–Crippen MR) is 61.4 cm³/mol. The first-order valence-electron chi connectivity index (χ1n) is 5.31. The molecule has 1 unspecified atom stereocenters. The van der Waals surface area contributed by atoms with E-state index < -0.39 is 12.5 Å². The Labute approximate surface area is 98.3 Å². The Hall–Kier alpha value is -1.50. The number of anilines is 2. The van der Waals surface area contributed by atoms with Crippen LogP contribution in [-0.2, 0) is 0 Å². The molecule has 0 fully saturated rings. The van der Waals surface area contributed by atoms with Crippen molar-refractivity contribution in [2.75, 3.05) is 23.7 Å². The summed E-state index contributed by atoms with van der Waals surface area (Å²) in [6.07, 6.45) is -3.13. The van der Waals surface area contributed by atoms with Crippen molar-refractivity contribution in [1.82, 2.24) is 9.97 Å². The SMILES string of the molecule is CCNc1ncnc(NCC(O)C(F)F)c1C. The molecule has 0 radical (unpaired) electrons. The molecule has 0 saturated heterocycles. The minimum Gasteiger partial charge on any atom is -0.385 e. The molecule has 1 heterocycles. The molecule has 96 valence electrons. The second kappa shape index (κ2) is 6.29. The standard InChI is InChI=1S/C10H16F2N4O/c1-3-13-9-6(2)10(16-5-15-9)14-4-7(17)8(11)12/h5,7-8,17H,3-4H2,1-2H3,(H2,13,14,15,16). The van der Waals surface area contributed by atoms with E-state index in [1.807, 2.05) is 6.92 Å². The van der Waals surface area contributed by atoms with Crippen LogP contribution in [-0.4, -0.2) is 40.7 Å². The van der Waals surface area contributed by atoms with Gasteiger partial charge in [0.05, 0.1) is 0 Å². The predicted octanol–water partition coefficient (Wildman–Crippen LogP) is 1.25. The molecule has 0 bridgehead atoms. The summed E-state index contributed by atoms with van der Waals surface area (Å²) in [6.45, 7) is 4.16. The number of hydrogen-bond donors (Lipinski definition) is 3. The molecule has 0 aliphatic rings. The van der Waals surface area contributed by atoms with Crippen molar-refractivity contribution >= 4 is 11.6 Å². The van der Waals surface area contributed by atoms with Gasteiger partial charge < -0.3 is 15.7 Å². The zero-order valence-corrected chi connectivity index (χ0v) is 9.74. The molecule has 7 heteroatoms. The first-order valence-corrected chi connectivity index (χ1v) is 5.31. The summed E-state index contributed by atoms with van der Waals surface area (Å²) in [5.41, 5.74) is 0.732. The van der Waals surface area contributed by atoms with Crippen molar-refractivity contribution < 1.29 is 13.9 Å². The van der Waals surface area contributed by atoms with Crippen LogP contribution < -0.4 is 10.6 Å². The summed E-state index contributed by atoms with van der Waals surface area (Å²) >= 11 is 0. The van der Waals surface area contributed by atoms with Gasteiger partial charge in [-0.25, -0.2) is 18.7 Å². The van der Waals surface area contributed by atoms with Crippen LogP contribution in [0.1, 0.15) is 12.5 Å². The van der Waals surface area contributed by atoms with Crippen LogP contribution in [0.3, 0.4) is 0 Å². The largest absolute Gasteiger partial charge is 0.385 e. The third-order valence-corrected chi connectivity index (χ3v) is 2.20. The van der Waals surface area contributed by atoms with Crippen LogP contribution in [0.5, 0.6) is 0 Å². The van der Waals surface area contributed by atoms with Gasteiger partial charge in [-0.2, -0.15) is 0 Å². The van der Waals surface area contributed by atoms with Gasteiger partial charge in [-0.3, -0.25) is 0 Å². The number of alkyl halides is 2. The third-order valence-electron chi connectivity index (χ3n) is 2.20. The van der Waals surface area contributed by atoms with E-state index in [0.29, 0.717) is 18.2 Å². The molecular weight excluding hydrogens is 230 g/mol. The molecular formula is C10H16F2N4O. The lowest BCUT2D eigenvalue weighted by atomic mass is 10.3. The minimum atomic E-state index is -2.77. The van der Waals surface area contributed by atoms with Gasteiger partial charge in [0.2, 0.25) is 0 Å². The highest BCUT2D eigenvalue weighted by molar-refractivity contribution is 5.56. The number of hydrogen-bond acceptors (Lipinski definition) is 5. The summed E-state index contributed by atoms with van der Waals surface area (Å²) in [7, 11) is 0. The zero-order chi connectivity index (χ0) is 12.8. The second-order valence-electron chi connectivity index (χ2n) is 3.51. The normalized spacial score (nSPS) is 12.6. The van der Waals surface area contributed by atoms with E-state index >= 15 is 0 Å². The van der Waals surface area contributed by atoms with E-state index in [9.17, 15) is 8.78 Å². The van der Waals surface area contributed by atoms with Crippen molar-refractivity contribution in [2.24, 2.45) is 0 Å². The van der Waals surface area contributed by atoms with E-state index in [-0.39, 0.29) is 6.54 Å². The molecule has 5 nitrogen and oxygen atoms in total. The lowest BCUT2D eigenvalue weighted by Gasteiger charge is -2.14. The maximum Gasteiger partial charge on any atom is 0.265 e. The van der Waals surface area contributed by atoms with Gasteiger partial charge in [0.15, 0.2) is 0 Å².